The van der Waals surface area contributed by atoms with Crippen LogP contribution < -0.4 is 4.72 Å². The molecule has 1 aliphatic heterocycles. The number of benzene rings is 1. The van der Waals surface area contributed by atoms with E-state index in [4.69, 9.17) is 0 Å². The van der Waals surface area contributed by atoms with Gasteiger partial charge in [0.2, 0.25) is 5.91 Å². The lowest BCUT2D eigenvalue weighted by atomic mass is 9.85. The first-order chi connectivity index (χ1) is 11.9. The van der Waals surface area contributed by atoms with Gasteiger partial charge in [0, 0.05) is 13.0 Å². The molecule has 1 N–H and O–H groups in total. The standard InChI is InChI=1S/C16H19F3N2O4S/c1-3-6-13(22)21-10-9-15(21,2)14(23)20-26(24,25)12-8-5-4-7-11(12)16(17,18)19/h4-5,7-8H,3,6,9-10H2,1-2H3,(H,20,23). The summed E-state index contributed by atoms with van der Waals surface area (Å²) in [6.45, 7) is 3.47. The molecule has 0 aromatic heterocycles. The van der Waals surface area contributed by atoms with Crippen LogP contribution >= 0.6 is 0 Å². The Bertz CT molecular complexity index is 823. The predicted octanol–water partition coefficient (Wildman–Crippen LogP) is 2.30. The van der Waals surface area contributed by atoms with Crippen LogP contribution in [0.2, 0.25) is 0 Å². The number of nitrogens with zero attached hydrogens (tertiary/aromatic N) is 1. The number of amides is 2. The predicted molar refractivity (Wildman–Crippen MR) is 86.4 cm³/mol. The fourth-order valence-electron chi connectivity index (χ4n) is 2.77. The lowest BCUT2D eigenvalue weighted by Crippen LogP contribution is -2.67. The molecule has 6 nitrogen and oxygen atoms in total. The largest absolute Gasteiger partial charge is 0.417 e. The highest BCUT2D eigenvalue weighted by molar-refractivity contribution is 7.90. The van der Waals surface area contributed by atoms with E-state index in [0.717, 1.165) is 18.2 Å². The van der Waals surface area contributed by atoms with Crippen molar-refractivity contribution >= 4 is 21.8 Å². The minimum Gasteiger partial charge on any atom is -0.328 e. The van der Waals surface area contributed by atoms with Crippen molar-refractivity contribution in [3.63, 3.8) is 0 Å². The van der Waals surface area contributed by atoms with Crippen molar-refractivity contribution < 1.29 is 31.2 Å². The van der Waals surface area contributed by atoms with Crippen LogP contribution in [-0.2, 0) is 25.8 Å². The molecule has 1 unspecified atom stereocenters. The number of halogens is 3. The van der Waals surface area contributed by atoms with Gasteiger partial charge in [-0.2, -0.15) is 13.2 Å². The maximum absolute atomic E-state index is 13.1. The highest BCUT2D eigenvalue weighted by atomic mass is 32.2. The number of alkyl halides is 3. The molecular formula is C16H19F3N2O4S. The molecule has 26 heavy (non-hydrogen) atoms. The number of hydrogen-bond donors (Lipinski definition) is 1. The van der Waals surface area contributed by atoms with Gasteiger partial charge in [0.1, 0.15) is 5.54 Å². The Labute approximate surface area is 149 Å². The molecule has 1 fully saturated rings. The van der Waals surface area contributed by atoms with Gasteiger partial charge in [-0.1, -0.05) is 19.1 Å². The van der Waals surface area contributed by atoms with Crippen LogP contribution in [0.1, 0.15) is 38.7 Å². The Kier molecular flexibility index (Phi) is 5.36. The summed E-state index contributed by atoms with van der Waals surface area (Å²) >= 11 is 0. The fraction of sp³-hybridized carbons (Fsp3) is 0.500. The smallest absolute Gasteiger partial charge is 0.328 e. The Morgan fingerprint density at radius 1 is 1.27 bits per heavy atom. The molecule has 1 aliphatic rings. The number of nitrogens with one attached hydrogen (secondary N) is 1. The van der Waals surface area contributed by atoms with Crippen molar-refractivity contribution in [1.82, 2.24) is 9.62 Å². The zero-order valence-corrected chi connectivity index (χ0v) is 15.1. The van der Waals surface area contributed by atoms with E-state index in [9.17, 15) is 31.2 Å². The van der Waals surface area contributed by atoms with E-state index in [2.05, 4.69) is 0 Å². The van der Waals surface area contributed by atoms with Crippen LogP contribution in [0.4, 0.5) is 13.2 Å². The highest BCUT2D eigenvalue weighted by Gasteiger charge is 2.50. The van der Waals surface area contributed by atoms with Crippen molar-refractivity contribution in [2.24, 2.45) is 0 Å². The molecule has 0 saturated carbocycles. The molecule has 2 amide bonds. The number of carbonyl (C=O) groups excluding carboxylic acids is 2. The minimum atomic E-state index is -4.89. The molecule has 1 aromatic carbocycles. The molecule has 10 heteroatoms. The van der Waals surface area contributed by atoms with E-state index >= 15 is 0 Å². The second-order valence-corrected chi connectivity index (χ2v) is 7.90. The average Bonchev–Trinajstić information content (AvgIpc) is 2.52. The second-order valence-electron chi connectivity index (χ2n) is 6.25. The number of carbonyl (C=O) groups is 2. The first kappa shape index (κ1) is 20.2. The molecule has 1 heterocycles. The zero-order chi connectivity index (χ0) is 19.8. The lowest BCUT2D eigenvalue weighted by molar-refractivity contribution is -0.156. The lowest BCUT2D eigenvalue weighted by Gasteiger charge is -2.49. The van der Waals surface area contributed by atoms with Crippen LogP contribution in [0.5, 0.6) is 0 Å². The summed E-state index contributed by atoms with van der Waals surface area (Å²) in [6.07, 6.45) is -3.90. The summed E-state index contributed by atoms with van der Waals surface area (Å²) in [5, 5.41) is 0. The maximum Gasteiger partial charge on any atom is 0.417 e. The van der Waals surface area contributed by atoms with Gasteiger partial charge < -0.3 is 4.90 Å². The van der Waals surface area contributed by atoms with Crippen LogP contribution in [0.3, 0.4) is 0 Å². The SMILES string of the molecule is CCCC(=O)N1CCC1(C)C(=O)NS(=O)(=O)c1ccccc1C(F)(F)F. The molecule has 0 spiro atoms. The van der Waals surface area contributed by atoms with Crippen LogP contribution in [0.25, 0.3) is 0 Å². The third-order valence-corrected chi connectivity index (χ3v) is 5.77. The van der Waals surface area contributed by atoms with Gasteiger partial charge in [-0.05, 0) is 31.9 Å². The highest BCUT2D eigenvalue weighted by Crippen LogP contribution is 2.35. The van der Waals surface area contributed by atoms with Gasteiger partial charge >= 0.3 is 6.18 Å². The summed E-state index contributed by atoms with van der Waals surface area (Å²) in [7, 11) is -4.75. The van der Waals surface area contributed by atoms with Crippen LogP contribution in [0.15, 0.2) is 29.2 Å². The van der Waals surface area contributed by atoms with Crippen molar-refractivity contribution in [3.05, 3.63) is 29.8 Å². The first-order valence-corrected chi connectivity index (χ1v) is 9.45. The average molecular weight is 392 g/mol. The van der Waals surface area contributed by atoms with Gasteiger partial charge in [0.15, 0.2) is 0 Å². The van der Waals surface area contributed by atoms with E-state index < -0.39 is 38.1 Å². The third kappa shape index (κ3) is 3.69. The van der Waals surface area contributed by atoms with Crippen LogP contribution in [0, 0.1) is 0 Å². The van der Waals surface area contributed by atoms with Crippen molar-refractivity contribution in [3.8, 4) is 0 Å². The molecule has 2 rings (SSSR count). The second kappa shape index (κ2) is 6.90. The first-order valence-electron chi connectivity index (χ1n) is 7.97. The van der Waals surface area contributed by atoms with E-state index in [1.165, 1.54) is 11.8 Å². The summed E-state index contributed by atoms with van der Waals surface area (Å²) < 4.78 is 65.6. The molecule has 0 aliphatic carbocycles. The maximum atomic E-state index is 13.1. The molecule has 1 saturated heterocycles. The zero-order valence-electron chi connectivity index (χ0n) is 14.3. The van der Waals surface area contributed by atoms with Crippen molar-refractivity contribution in [1.29, 1.82) is 0 Å². The van der Waals surface area contributed by atoms with E-state index in [1.54, 1.807) is 11.6 Å². The van der Waals surface area contributed by atoms with E-state index in [0.29, 0.717) is 19.0 Å². The molecule has 0 radical (unpaired) electrons. The summed E-state index contributed by atoms with van der Waals surface area (Å²) in [6, 6.07) is 3.60. The molecule has 144 valence electrons. The summed E-state index contributed by atoms with van der Waals surface area (Å²) in [4.78, 5) is 24.7. The third-order valence-electron chi connectivity index (χ3n) is 4.38. The molecule has 1 atom stereocenters. The Morgan fingerprint density at radius 3 is 2.38 bits per heavy atom. The number of hydrogen-bond acceptors (Lipinski definition) is 4. The molecular weight excluding hydrogens is 373 g/mol. The number of sulfonamides is 1. The van der Waals surface area contributed by atoms with Gasteiger partial charge in [0.05, 0.1) is 10.5 Å². The Balaban J connectivity index is 2.28. The fourth-order valence-corrected chi connectivity index (χ4v) is 4.07. The summed E-state index contributed by atoms with van der Waals surface area (Å²) in [5.41, 5.74) is -2.76. The van der Waals surface area contributed by atoms with Crippen molar-refractivity contribution in [2.75, 3.05) is 6.54 Å². The number of rotatable bonds is 5. The normalized spacial score (nSPS) is 20.4. The molecule has 0 bridgehead atoms. The Hall–Kier alpha value is -2.10. The van der Waals surface area contributed by atoms with Gasteiger partial charge in [0.25, 0.3) is 15.9 Å². The van der Waals surface area contributed by atoms with Gasteiger partial charge in [-0.15, -0.1) is 0 Å². The molecule has 1 aromatic rings. The van der Waals surface area contributed by atoms with E-state index in [1.807, 2.05) is 0 Å². The number of likely N-dealkylation sites (tertiary alicyclic amines) is 1. The Morgan fingerprint density at radius 2 is 1.88 bits per heavy atom. The van der Waals surface area contributed by atoms with Gasteiger partial charge in [-0.25, -0.2) is 13.1 Å². The summed E-state index contributed by atoms with van der Waals surface area (Å²) in [5.74, 6) is -1.32. The van der Waals surface area contributed by atoms with Crippen LogP contribution in [-0.4, -0.2) is 37.2 Å². The van der Waals surface area contributed by atoms with Crippen molar-refractivity contribution in [2.45, 2.75) is 49.7 Å². The topological polar surface area (TPSA) is 83.6 Å². The van der Waals surface area contributed by atoms with E-state index in [-0.39, 0.29) is 18.7 Å². The van der Waals surface area contributed by atoms with Gasteiger partial charge in [-0.3, -0.25) is 9.59 Å². The quantitative estimate of drug-likeness (QED) is 0.834. The minimum absolute atomic E-state index is 0.201. The monoisotopic (exact) mass is 392 g/mol.